The van der Waals surface area contributed by atoms with Gasteiger partial charge in [-0.1, -0.05) is 29.0 Å². The second-order valence-electron chi connectivity index (χ2n) is 6.42. The summed E-state index contributed by atoms with van der Waals surface area (Å²) in [5, 5.41) is 0.630. The number of hydrogen-bond donors (Lipinski definition) is 0. The topological polar surface area (TPSA) is 45.7 Å². The Morgan fingerprint density at radius 1 is 1.25 bits per heavy atom. The van der Waals surface area contributed by atoms with E-state index in [4.69, 9.17) is 16.3 Å². The molecule has 28 heavy (non-hydrogen) atoms. The van der Waals surface area contributed by atoms with E-state index in [1.807, 2.05) is 44.1 Å². The lowest BCUT2D eigenvalue weighted by molar-refractivity contribution is 0.0985. The lowest BCUT2D eigenvalue weighted by Crippen LogP contribution is -2.36. The van der Waals surface area contributed by atoms with Crippen LogP contribution in [0.5, 0.6) is 5.75 Å². The summed E-state index contributed by atoms with van der Waals surface area (Å²) < 4.78 is 20.0. The minimum atomic E-state index is -0.484. The van der Waals surface area contributed by atoms with Crippen molar-refractivity contribution in [1.29, 1.82) is 0 Å². The molecule has 0 unspecified atom stereocenters. The SMILES string of the molecule is CCOc1cccc2sc(N(CCN(C)C)C(=O)c3ccc(F)cc3Cl)nc12. The van der Waals surface area contributed by atoms with Gasteiger partial charge in [0.05, 0.1) is 21.9 Å². The number of likely N-dealkylation sites (N-methyl/N-ethyl adjacent to an activating group) is 1. The first-order chi connectivity index (χ1) is 13.4. The molecule has 0 aliphatic rings. The molecule has 0 spiro atoms. The maximum atomic E-state index is 13.4. The molecular formula is C20H21ClFN3O2S. The molecule has 1 heterocycles. The summed E-state index contributed by atoms with van der Waals surface area (Å²) >= 11 is 7.54. The van der Waals surface area contributed by atoms with Gasteiger partial charge in [-0.15, -0.1) is 0 Å². The Morgan fingerprint density at radius 2 is 2.04 bits per heavy atom. The number of aromatic nitrogens is 1. The van der Waals surface area contributed by atoms with Crippen molar-refractivity contribution in [2.45, 2.75) is 6.92 Å². The summed E-state index contributed by atoms with van der Waals surface area (Å²) in [7, 11) is 3.86. The maximum Gasteiger partial charge on any atom is 0.261 e. The Morgan fingerprint density at radius 3 is 2.71 bits per heavy atom. The number of thiazole rings is 1. The third kappa shape index (κ3) is 4.43. The summed E-state index contributed by atoms with van der Waals surface area (Å²) in [5.41, 5.74) is 0.961. The molecule has 0 saturated heterocycles. The van der Waals surface area contributed by atoms with Crippen LogP contribution in [0.3, 0.4) is 0 Å². The molecule has 0 aliphatic heterocycles. The number of carbonyl (C=O) groups is 1. The van der Waals surface area contributed by atoms with Gasteiger partial charge >= 0.3 is 0 Å². The number of para-hydroxylation sites is 1. The molecule has 0 bridgehead atoms. The molecule has 0 fully saturated rings. The van der Waals surface area contributed by atoms with Gasteiger partial charge in [0.15, 0.2) is 5.13 Å². The number of hydrogen-bond acceptors (Lipinski definition) is 5. The third-order valence-corrected chi connectivity index (χ3v) is 5.44. The number of fused-ring (bicyclic) bond motifs is 1. The van der Waals surface area contributed by atoms with Crippen LogP contribution in [0.2, 0.25) is 5.02 Å². The number of amides is 1. The molecule has 3 aromatic rings. The van der Waals surface area contributed by atoms with Gasteiger partial charge in [0.25, 0.3) is 5.91 Å². The van der Waals surface area contributed by atoms with E-state index in [0.29, 0.717) is 30.6 Å². The Kier molecular flexibility index (Phi) is 6.49. The van der Waals surface area contributed by atoms with Crippen molar-refractivity contribution in [3.63, 3.8) is 0 Å². The van der Waals surface area contributed by atoms with Gasteiger partial charge in [0.1, 0.15) is 17.1 Å². The van der Waals surface area contributed by atoms with Crippen molar-refractivity contribution in [3.05, 3.63) is 52.8 Å². The van der Waals surface area contributed by atoms with E-state index >= 15 is 0 Å². The van der Waals surface area contributed by atoms with Crippen molar-refractivity contribution in [2.24, 2.45) is 0 Å². The van der Waals surface area contributed by atoms with Crippen molar-refractivity contribution in [2.75, 3.05) is 38.7 Å². The van der Waals surface area contributed by atoms with Gasteiger partial charge in [-0.25, -0.2) is 9.37 Å². The van der Waals surface area contributed by atoms with Crippen LogP contribution in [-0.4, -0.2) is 49.6 Å². The molecule has 148 valence electrons. The maximum absolute atomic E-state index is 13.4. The third-order valence-electron chi connectivity index (χ3n) is 4.08. The second kappa shape index (κ2) is 8.86. The monoisotopic (exact) mass is 421 g/mol. The zero-order valence-electron chi connectivity index (χ0n) is 15.9. The molecule has 0 N–H and O–H groups in total. The molecule has 1 amide bonds. The second-order valence-corrected chi connectivity index (χ2v) is 7.83. The number of rotatable bonds is 7. The van der Waals surface area contributed by atoms with Crippen LogP contribution in [0.15, 0.2) is 36.4 Å². The highest BCUT2D eigenvalue weighted by atomic mass is 35.5. The van der Waals surface area contributed by atoms with E-state index in [1.54, 1.807) is 4.90 Å². The van der Waals surface area contributed by atoms with Gasteiger partial charge < -0.3 is 9.64 Å². The average Bonchev–Trinajstić information content (AvgIpc) is 3.06. The summed E-state index contributed by atoms with van der Waals surface area (Å²) in [6.07, 6.45) is 0. The summed E-state index contributed by atoms with van der Waals surface area (Å²) in [4.78, 5) is 21.4. The van der Waals surface area contributed by atoms with Gasteiger partial charge in [0, 0.05) is 13.1 Å². The van der Waals surface area contributed by atoms with Gasteiger partial charge in [-0.3, -0.25) is 9.69 Å². The highest BCUT2D eigenvalue weighted by Gasteiger charge is 2.24. The van der Waals surface area contributed by atoms with E-state index in [2.05, 4.69) is 4.98 Å². The first-order valence-corrected chi connectivity index (χ1v) is 10.0. The van der Waals surface area contributed by atoms with Crippen LogP contribution in [0.25, 0.3) is 10.2 Å². The number of nitrogens with zero attached hydrogens (tertiary/aromatic N) is 3. The zero-order chi connectivity index (χ0) is 20.3. The fourth-order valence-electron chi connectivity index (χ4n) is 2.69. The molecule has 8 heteroatoms. The fraction of sp³-hybridized carbons (Fsp3) is 0.300. The van der Waals surface area contributed by atoms with Crippen LogP contribution in [0.1, 0.15) is 17.3 Å². The van der Waals surface area contributed by atoms with Crippen molar-refractivity contribution in [1.82, 2.24) is 9.88 Å². The van der Waals surface area contributed by atoms with E-state index in [-0.39, 0.29) is 16.5 Å². The highest BCUT2D eigenvalue weighted by molar-refractivity contribution is 7.22. The number of ether oxygens (including phenoxy) is 1. The zero-order valence-corrected chi connectivity index (χ0v) is 17.5. The van der Waals surface area contributed by atoms with Crippen molar-refractivity contribution in [3.8, 4) is 5.75 Å². The summed E-state index contributed by atoms with van der Waals surface area (Å²) in [5.74, 6) is -0.117. The van der Waals surface area contributed by atoms with Gasteiger partial charge in [0.2, 0.25) is 0 Å². The lowest BCUT2D eigenvalue weighted by Gasteiger charge is -2.22. The minimum absolute atomic E-state index is 0.0796. The number of carbonyl (C=O) groups excluding carboxylic acids is 1. The molecule has 1 aromatic heterocycles. The van der Waals surface area contributed by atoms with E-state index in [1.165, 1.54) is 23.5 Å². The van der Waals surface area contributed by atoms with Crippen LogP contribution >= 0.6 is 22.9 Å². The van der Waals surface area contributed by atoms with Crippen molar-refractivity contribution >= 4 is 44.2 Å². The largest absolute Gasteiger partial charge is 0.492 e. The molecule has 0 saturated carbocycles. The van der Waals surface area contributed by atoms with Crippen LogP contribution in [0.4, 0.5) is 9.52 Å². The van der Waals surface area contributed by atoms with Gasteiger partial charge in [-0.2, -0.15) is 0 Å². The van der Waals surface area contributed by atoms with Gasteiger partial charge in [-0.05, 0) is 51.4 Å². The smallest absolute Gasteiger partial charge is 0.261 e. The Balaban J connectivity index is 2.03. The Labute approximate surface area is 172 Å². The lowest BCUT2D eigenvalue weighted by atomic mass is 10.2. The molecule has 2 aromatic carbocycles. The number of benzene rings is 2. The number of anilines is 1. The van der Waals surface area contributed by atoms with E-state index in [9.17, 15) is 9.18 Å². The highest BCUT2D eigenvalue weighted by Crippen LogP contribution is 2.35. The van der Waals surface area contributed by atoms with E-state index in [0.717, 1.165) is 16.3 Å². The molecule has 0 atom stereocenters. The van der Waals surface area contributed by atoms with Crippen LogP contribution in [0, 0.1) is 5.82 Å². The Hall–Kier alpha value is -2.22. The predicted molar refractivity (Wildman–Crippen MR) is 112 cm³/mol. The number of halogens is 2. The standard InChI is InChI=1S/C20H21ClFN3O2S/c1-4-27-16-6-5-7-17-18(16)23-20(28-17)25(11-10-24(2)3)19(26)14-9-8-13(22)12-15(14)21/h5-9,12H,4,10-11H2,1-3H3. The first kappa shape index (κ1) is 20.5. The molecule has 0 radical (unpaired) electrons. The molecule has 5 nitrogen and oxygen atoms in total. The normalized spacial score (nSPS) is 11.2. The Bertz CT molecular complexity index is 993. The van der Waals surface area contributed by atoms with Crippen LogP contribution < -0.4 is 9.64 Å². The minimum Gasteiger partial charge on any atom is -0.492 e. The summed E-state index contributed by atoms with van der Waals surface area (Å²) in [6.45, 7) is 3.50. The fourth-order valence-corrected chi connectivity index (χ4v) is 3.95. The molecule has 0 aliphatic carbocycles. The quantitative estimate of drug-likeness (QED) is 0.555. The first-order valence-electron chi connectivity index (χ1n) is 8.84. The summed E-state index contributed by atoms with van der Waals surface area (Å²) in [6, 6.07) is 9.48. The predicted octanol–water partition coefficient (Wildman–Crippen LogP) is 4.70. The molecule has 3 rings (SSSR count). The molecular weight excluding hydrogens is 401 g/mol. The van der Waals surface area contributed by atoms with Crippen LogP contribution in [-0.2, 0) is 0 Å². The average molecular weight is 422 g/mol. The van der Waals surface area contributed by atoms with E-state index < -0.39 is 5.82 Å². The van der Waals surface area contributed by atoms with Crippen molar-refractivity contribution < 1.29 is 13.9 Å².